The third kappa shape index (κ3) is 2.45. The molecule has 20 heavy (non-hydrogen) atoms. The van der Waals surface area contributed by atoms with Crippen molar-refractivity contribution in [3.63, 3.8) is 0 Å². The molecule has 0 aromatic heterocycles. The highest BCUT2D eigenvalue weighted by molar-refractivity contribution is 9.10. The smallest absolute Gasteiger partial charge is 0.166 e. The molecule has 1 fully saturated rings. The summed E-state index contributed by atoms with van der Waals surface area (Å²) in [5.74, 6) is 0.864. The maximum absolute atomic E-state index is 12.6. The zero-order valence-electron chi connectivity index (χ0n) is 11.7. The van der Waals surface area contributed by atoms with Crippen molar-refractivity contribution < 1.29 is 4.79 Å². The normalized spacial score (nSPS) is 20.8. The maximum Gasteiger partial charge on any atom is 0.166 e. The lowest BCUT2D eigenvalue weighted by Crippen LogP contribution is -2.04. The van der Waals surface area contributed by atoms with Crippen LogP contribution in [-0.2, 0) is 0 Å². The van der Waals surface area contributed by atoms with Crippen LogP contribution in [0.25, 0.3) is 0 Å². The van der Waals surface area contributed by atoms with Gasteiger partial charge in [0, 0.05) is 16.0 Å². The molecule has 2 atom stereocenters. The summed E-state index contributed by atoms with van der Waals surface area (Å²) >= 11 is 3.55. The van der Waals surface area contributed by atoms with E-state index < -0.39 is 0 Å². The summed E-state index contributed by atoms with van der Waals surface area (Å²) in [6.07, 6.45) is 0.983. The molecule has 3 rings (SSSR count). The number of ketones is 1. The summed E-state index contributed by atoms with van der Waals surface area (Å²) in [6.45, 7) is 4.07. The van der Waals surface area contributed by atoms with Crippen molar-refractivity contribution in [3.05, 3.63) is 69.2 Å². The van der Waals surface area contributed by atoms with Crippen LogP contribution in [0.4, 0.5) is 0 Å². The Morgan fingerprint density at radius 1 is 1.10 bits per heavy atom. The van der Waals surface area contributed by atoms with Crippen LogP contribution in [0, 0.1) is 19.8 Å². The number of aryl methyl sites for hydroxylation is 2. The molecule has 2 heteroatoms. The van der Waals surface area contributed by atoms with Crippen LogP contribution >= 0.6 is 15.9 Å². The topological polar surface area (TPSA) is 17.1 Å². The van der Waals surface area contributed by atoms with E-state index in [4.69, 9.17) is 0 Å². The lowest BCUT2D eigenvalue weighted by molar-refractivity contribution is 0.0965. The highest BCUT2D eigenvalue weighted by Crippen LogP contribution is 2.49. The van der Waals surface area contributed by atoms with Gasteiger partial charge in [-0.2, -0.15) is 0 Å². The molecular weight excluding hydrogens is 312 g/mol. The van der Waals surface area contributed by atoms with Crippen molar-refractivity contribution in [3.8, 4) is 0 Å². The first kappa shape index (κ1) is 13.6. The van der Waals surface area contributed by atoms with Crippen LogP contribution < -0.4 is 0 Å². The largest absolute Gasteiger partial charge is 0.294 e. The highest BCUT2D eigenvalue weighted by Gasteiger charge is 2.43. The van der Waals surface area contributed by atoms with Crippen molar-refractivity contribution in [2.75, 3.05) is 0 Å². The second kappa shape index (κ2) is 5.17. The molecule has 2 unspecified atom stereocenters. The molecular formula is C18H17BrO. The predicted molar refractivity (Wildman–Crippen MR) is 85.2 cm³/mol. The first-order valence-electron chi connectivity index (χ1n) is 6.94. The molecule has 2 aromatic carbocycles. The van der Waals surface area contributed by atoms with Gasteiger partial charge in [-0.1, -0.05) is 46.3 Å². The van der Waals surface area contributed by atoms with Gasteiger partial charge in [0.15, 0.2) is 5.78 Å². The molecule has 1 saturated carbocycles. The summed E-state index contributed by atoms with van der Waals surface area (Å²) in [4.78, 5) is 12.6. The fourth-order valence-electron chi connectivity index (χ4n) is 2.86. The van der Waals surface area contributed by atoms with Crippen molar-refractivity contribution in [2.45, 2.75) is 26.2 Å². The van der Waals surface area contributed by atoms with E-state index in [1.54, 1.807) is 0 Å². The second-order valence-electron chi connectivity index (χ2n) is 5.65. The van der Waals surface area contributed by atoms with E-state index in [0.717, 1.165) is 27.6 Å². The standard InChI is InChI=1S/C18H17BrO/c1-11-8-14(9-12(2)17(11)19)18(20)16-10-15(16)13-6-4-3-5-7-13/h3-9,15-16H,10H2,1-2H3. The van der Waals surface area contributed by atoms with E-state index >= 15 is 0 Å². The molecule has 0 bridgehead atoms. The van der Waals surface area contributed by atoms with Gasteiger partial charge in [0.25, 0.3) is 0 Å². The van der Waals surface area contributed by atoms with Crippen LogP contribution in [0.15, 0.2) is 46.9 Å². The zero-order valence-corrected chi connectivity index (χ0v) is 13.3. The van der Waals surface area contributed by atoms with E-state index in [9.17, 15) is 4.79 Å². The fraction of sp³-hybridized carbons (Fsp3) is 0.278. The fourth-order valence-corrected chi connectivity index (χ4v) is 3.08. The zero-order chi connectivity index (χ0) is 14.3. The van der Waals surface area contributed by atoms with Crippen molar-refractivity contribution in [2.24, 2.45) is 5.92 Å². The number of benzene rings is 2. The van der Waals surface area contributed by atoms with Crippen LogP contribution in [0.3, 0.4) is 0 Å². The third-order valence-electron chi connectivity index (χ3n) is 4.08. The maximum atomic E-state index is 12.6. The van der Waals surface area contributed by atoms with E-state index in [1.165, 1.54) is 5.56 Å². The van der Waals surface area contributed by atoms with Gasteiger partial charge < -0.3 is 0 Å². The van der Waals surface area contributed by atoms with E-state index in [2.05, 4.69) is 28.1 Å². The first-order valence-corrected chi connectivity index (χ1v) is 7.73. The van der Waals surface area contributed by atoms with Gasteiger partial charge in [-0.3, -0.25) is 4.79 Å². The van der Waals surface area contributed by atoms with Gasteiger partial charge >= 0.3 is 0 Å². The number of Topliss-reactive ketones (excluding diaryl/α,β-unsaturated/α-hetero) is 1. The minimum atomic E-state index is 0.164. The molecule has 0 heterocycles. The number of hydrogen-bond acceptors (Lipinski definition) is 1. The molecule has 1 nitrogen and oxygen atoms in total. The lowest BCUT2D eigenvalue weighted by Gasteiger charge is -2.07. The minimum absolute atomic E-state index is 0.164. The second-order valence-corrected chi connectivity index (χ2v) is 6.44. The average molecular weight is 329 g/mol. The Bertz CT molecular complexity index is 637. The van der Waals surface area contributed by atoms with Crippen LogP contribution in [0.2, 0.25) is 0 Å². The van der Waals surface area contributed by atoms with Crippen LogP contribution in [-0.4, -0.2) is 5.78 Å². The SMILES string of the molecule is Cc1cc(C(=O)C2CC2c2ccccc2)cc(C)c1Br. The minimum Gasteiger partial charge on any atom is -0.294 e. The monoisotopic (exact) mass is 328 g/mol. The van der Waals surface area contributed by atoms with E-state index in [0.29, 0.717) is 5.92 Å². The van der Waals surface area contributed by atoms with Crippen molar-refractivity contribution in [1.29, 1.82) is 0 Å². The number of hydrogen-bond donors (Lipinski definition) is 0. The number of carbonyl (C=O) groups is 1. The van der Waals surface area contributed by atoms with E-state index in [-0.39, 0.29) is 11.7 Å². The Kier molecular flexibility index (Phi) is 3.51. The van der Waals surface area contributed by atoms with Gasteiger partial charge in [-0.25, -0.2) is 0 Å². The molecule has 102 valence electrons. The predicted octanol–water partition coefficient (Wildman–Crippen LogP) is 5.05. The molecule has 0 aliphatic heterocycles. The summed E-state index contributed by atoms with van der Waals surface area (Å²) in [5.41, 5.74) is 4.40. The molecule has 0 radical (unpaired) electrons. The molecule has 1 aliphatic carbocycles. The summed E-state index contributed by atoms with van der Waals surface area (Å²) in [6, 6.07) is 14.3. The Hall–Kier alpha value is -1.41. The number of rotatable bonds is 3. The van der Waals surface area contributed by atoms with Gasteiger partial charge in [-0.15, -0.1) is 0 Å². The molecule has 0 amide bonds. The molecule has 0 N–H and O–H groups in total. The summed E-state index contributed by atoms with van der Waals surface area (Å²) in [5, 5.41) is 0. The van der Waals surface area contributed by atoms with Gasteiger partial charge in [0.05, 0.1) is 0 Å². The Morgan fingerprint density at radius 2 is 1.70 bits per heavy atom. The summed E-state index contributed by atoms with van der Waals surface area (Å²) < 4.78 is 1.10. The molecule has 1 aliphatic rings. The Labute approximate surface area is 128 Å². The van der Waals surface area contributed by atoms with Crippen LogP contribution in [0.5, 0.6) is 0 Å². The highest BCUT2D eigenvalue weighted by atomic mass is 79.9. The quantitative estimate of drug-likeness (QED) is 0.720. The van der Waals surface area contributed by atoms with Crippen molar-refractivity contribution in [1.82, 2.24) is 0 Å². The molecule has 0 saturated heterocycles. The summed E-state index contributed by atoms with van der Waals surface area (Å²) in [7, 11) is 0. The first-order chi connectivity index (χ1) is 9.58. The molecule has 2 aromatic rings. The lowest BCUT2D eigenvalue weighted by atomic mass is 9.99. The molecule has 0 spiro atoms. The van der Waals surface area contributed by atoms with Gasteiger partial charge in [-0.05, 0) is 55.0 Å². The van der Waals surface area contributed by atoms with E-state index in [1.807, 2.05) is 44.2 Å². The number of halogens is 1. The van der Waals surface area contributed by atoms with Gasteiger partial charge in [0.2, 0.25) is 0 Å². The Morgan fingerprint density at radius 3 is 2.30 bits per heavy atom. The number of carbonyl (C=O) groups excluding carboxylic acids is 1. The van der Waals surface area contributed by atoms with Gasteiger partial charge in [0.1, 0.15) is 0 Å². The van der Waals surface area contributed by atoms with Crippen molar-refractivity contribution >= 4 is 21.7 Å². The third-order valence-corrected chi connectivity index (χ3v) is 5.33. The van der Waals surface area contributed by atoms with Crippen LogP contribution in [0.1, 0.15) is 39.4 Å². The average Bonchev–Trinajstić information content (AvgIpc) is 3.25. The Balaban J connectivity index is 1.82.